The van der Waals surface area contributed by atoms with E-state index < -0.39 is 0 Å². The Morgan fingerprint density at radius 1 is 1.47 bits per heavy atom. The number of benzene rings is 1. The number of thiazole rings is 1. The molecule has 1 heterocycles. The first-order valence-corrected chi connectivity index (χ1v) is 5.99. The quantitative estimate of drug-likeness (QED) is 0.876. The molecule has 0 aliphatic heterocycles. The number of nitrogens with two attached hydrogens (primary N) is 1. The van der Waals surface area contributed by atoms with Crippen LogP contribution in [0.3, 0.4) is 0 Å². The Balaban J connectivity index is 2.62. The van der Waals surface area contributed by atoms with Gasteiger partial charge in [-0.1, -0.05) is 31.5 Å². The van der Waals surface area contributed by atoms with Crippen LogP contribution in [0.2, 0.25) is 5.02 Å². The lowest BCUT2D eigenvalue weighted by atomic mass is 9.95. The van der Waals surface area contributed by atoms with Crippen LogP contribution >= 0.6 is 22.9 Å². The summed E-state index contributed by atoms with van der Waals surface area (Å²) < 4.78 is 1.12. The Bertz CT molecular complexity index is 490. The average Bonchev–Trinajstić information content (AvgIpc) is 2.64. The smallest absolute Gasteiger partial charge is 0.101 e. The third-order valence-electron chi connectivity index (χ3n) is 2.46. The summed E-state index contributed by atoms with van der Waals surface area (Å²) in [5, 5.41) is 1.76. The summed E-state index contributed by atoms with van der Waals surface area (Å²) in [6.07, 6.45) is 0. The van der Waals surface area contributed by atoms with Gasteiger partial charge in [0.2, 0.25) is 0 Å². The fraction of sp³-hybridized carbons (Fsp3) is 0.364. The Kier molecular flexibility index (Phi) is 2.71. The van der Waals surface area contributed by atoms with Gasteiger partial charge in [-0.2, -0.15) is 0 Å². The topological polar surface area (TPSA) is 38.9 Å². The van der Waals surface area contributed by atoms with E-state index in [-0.39, 0.29) is 5.41 Å². The van der Waals surface area contributed by atoms with Crippen molar-refractivity contribution in [1.29, 1.82) is 0 Å². The van der Waals surface area contributed by atoms with Crippen LogP contribution in [0.1, 0.15) is 18.9 Å². The highest BCUT2D eigenvalue weighted by Crippen LogP contribution is 2.33. The summed E-state index contributed by atoms with van der Waals surface area (Å²) in [5.74, 6) is 0. The first kappa shape index (κ1) is 10.9. The third-order valence-corrected chi connectivity index (χ3v) is 4.15. The van der Waals surface area contributed by atoms with E-state index in [2.05, 4.69) is 18.8 Å². The van der Waals surface area contributed by atoms with Crippen molar-refractivity contribution in [3.8, 4) is 0 Å². The predicted octanol–water partition coefficient (Wildman–Crippen LogP) is 3.19. The highest BCUT2D eigenvalue weighted by Gasteiger charge is 2.23. The maximum atomic E-state index is 6.08. The van der Waals surface area contributed by atoms with Gasteiger partial charge in [-0.15, -0.1) is 11.3 Å². The number of hydrogen-bond donors (Lipinski definition) is 1. The number of rotatable bonds is 2. The minimum absolute atomic E-state index is 0.0764. The Morgan fingerprint density at radius 3 is 2.80 bits per heavy atom. The largest absolute Gasteiger partial charge is 0.330 e. The molecule has 1 aromatic heterocycles. The second kappa shape index (κ2) is 3.74. The standard InChI is InChI=1S/C11H13ClN2S/c1-11(2,6-13)10-14-9-7(12)4-3-5-8(9)15-10/h3-5H,6,13H2,1-2H3. The maximum absolute atomic E-state index is 6.08. The number of fused-ring (bicyclic) bond motifs is 1. The molecule has 0 aliphatic carbocycles. The van der Waals surface area contributed by atoms with Crippen molar-refractivity contribution in [2.24, 2.45) is 5.73 Å². The molecule has 2 nitrogen and oxygen atoms in total. The van der Waals surface area contributed by atoms with Crippen LogP contribution in [0.25, 0.3) is 10.2 Å². The lowest BCUT2D eigenvalue weighted by molar-refractivity contribution is 0.536. The molecule has 80 valence electrons. The summed E-state index contributed by atoms with van der Waals surface area (Å²) in [5.41, 5.74) is 6.55. The molecule has 4 heteroatoms. The predicted molar refractivity (Wildman–Crippen MR) is 66.7 cm³/mol. The van der Waals surface area contributed by atoms with Crippen LogP contribution in [0, 0.1) is 0 Å². The van der Waals surface area contributed by atoms with Crippen LogP contribution in [-0.2, 0) is 5.41 Å². The van der Waals surface area contributed by atoms with Gasteiger partial charge >= 0.3 is 0 Å². The van der Waals surface area contributed by atoms with Crippen LogP contribution in [0.15, 0.2) is 18.2 Å². The van der Waals surface area contributed by atoms with E-state index in [0.29, 0.717) is 11.6 Å². The molecule has 0 unspecified atom stereocenters. The molecule has 1 aromatic carbocycles. The molecule has 0 saturated carbocycles. The summed E-state index contributed by atoms with van der Waals surface area (Å²) in [6.45, 7) is 4.78. The highest BCUT2D eigenvalue weighted by molar-refractivity contribution is 7.18. The van der Waals surface area contributed by atoms with Crippen LogP contribution in [0.4, 0.5) is 0 Å². The number of aromatic nitrogens is 1. The van der Waals surface area contributed by atoms with Crippen LogP contribution in [0.5, 0.6) is 0 Å². The summed E-state index contributed by atoms with van der Waals surface area (Å²) >= 11 is 7.74. The van der Waals surface area contributed by atoms with Crippen molar-refractivity contribution >= 4 is 33.2 Å². The lowest BCUT2D eigenvalue weighted by Gasteiger charge is -2.18. The van der Waals surface area contributed by atoms with Gasteiger partial charge in [0.1, 0.15) is 10.5 Å². The third kappa shape index (κ3) is 1.87. The van der Waals surface area contributed by atoms with Gasteiger partial charge in [0.15, 0.2) is 0 Å². The molecule has 2 rings (SSSR count). The Hall–Kier alpha value is -0.640. The molecule has 0 saturated heterocycles. The number of hydrogen-bond acceptors (Lipinski definition) is 3. The monoisotopic (exact) mass is 240 g/mol. The second-order valence-electron chi connectivity index (χ2n) is 4.19. The van der Waals surface area contributed by atoms with E-state index in [1.807, 2.05) is 18.2 Å². The summed E-state index contributed by atoms with van der Waals surface area (Å²) in [6, 6.07) is 5.85. The van der Waals surface area contributed by atoms with E-state index in [1.165, 1.54) is 0 Å². The highest BCUT2D eigenvalue weighted by atomic mass is 35.5. The molecule has 0 atom stereocenters. The zero-order valence-corrected chi connectivity index (χ0v) is 10.3. The molecule has 2 N–H and O–H groups in total. The van der Waals surface area contributed by atoms with E-state index in [4.69, 9.17) is 17.3 Å². The van der Waals surface area contributed by atoms with Gasteiger partial charge in [0.05, 0.1) is 9.72 Å². The molecule has 0 amide bonds. The fourth-order valence-corrected chi connectivity index (χ4v) is 2.67. The van der Waals surface area contributed by atoms with E-state index >= 15 is 0 Å². The van der Waals surface area contributed by atoms with Crippen molar-refractivity contribution in [3.63, 3.8) is 0 Å². The van der Waals surface area contributed by atoms with Crippen molar-refractivity contribution in [2.45, 2.75) is 19.3 Å². The molecule has 0 spiro atoms. The van der Waals surface area contributed by atoms with Crippen LogP contribution in [-0.4, -0.2) is 11.5 Å². The van der Waals surface area contributed by atoms with E-state index in [0.717, 1.165) is 15.2 Å². The molecule has 0 bridgehead atoms. The first-order chi connectivity index (χ1) is 7.04. The number of halogens is 1. The van der Waals surface area contributed by atoms with Gasteiger partial charge in [0, 0.05) is 12.0 Å². The van der Waals surface area contributed by atoms with Gasteiger partial charge < -0.3 is 5.73 Å². The minimum Gasteiger partial charge on any atom is -0.330 e. The molecule has 2 aromatic rings. The van der Waals surface area contributed by atoms with Gasteiger partial charge in [-0.05, 0) is 12.1 Å². The first-order valence-electron chi connectivity index (χ1n) is 4.80. The minimum atomic E-state index is -0.0764. The van der Waals surface area contributed by atoms with Crippen LogP contribution < -0.4 is 5.73 Å². The summed E-state index contributed by atoms with van der Waals surface area (Å²) in [7, 11) is 0. The summed E-state index contributed by atoms with van der Waals surface area (Å²) in [4.78, 5) is 4.56. The van der Waals surface area contributed by atoms with Crippen molar-refractivity contribution in [1.82, 2.24) is 4.98 Å². The normalized spacial score (nSPS) is 12.3. The Morgan fingerprint density at radius 2 is 2.20 bits per heavy atom. The van der Waals surface area contributed by atoms with Gasteiger partial charge in [-0.25, -0.2) is 4.98 Å². The average molecular weight is 241 g/mol. The van der Waals surface area contributed by atoms with Gasteiger partial charge in [0.25, 0.3) is 0 Å². The van der Waals surface area contributed by atoms with Crippen molar-refractivity contribution in [2.75, 3.05) is 6.54 Å². The fourth-order valence-electron chi connectivity index (χ4n) is 1.29. The number of para-hydroxylation sites is 1. The zero-order chi connectivity index (χ0) is 11.1. The maximum Gasteiger partial charge on any atom is 0.101 e. The van der Waals surface area contributed by atoms with E-state index in [1.54, 1.807) is 11.3 Å². The molecular weight excluding hydrogens is 228 g/mol. The van der Waals surface area contributed by atoms with Gasteiger partial charge in [-0.3, -0.25) is 0 Å². The molecule has 15 heavy (non-hydrogen) atoms. The molecule has 0 radical (unpaired) electrons. The second-order valence-corrected chi connectivity index (χ2v) is 5.63. The molecule has 0 aliphatic rings. The Labute approximate surface area is 98.1 Å². The molecule has 0 fully saturated rings. The van der Waals surface area contributed by atoms with Crippen molar-refractivity contribution in [3.05, 3.63) is 28.2 Å². The lowest BCUT2D eigenvalue weighted by Crippen LogP contribution is -2.27. The van der Waals surface area contributed by atoms with Crippen molar-refractivity contribution < 1.29 is 0 Å². The SMILES string of the molecule is CC(C)(CN)c1nc2c(Cl)cccc2s1. The zero-order valence-electron chi connectivity index (χ0n) is 8.75. The number of nitrogens with zero attached hydrogens (tertiary/aromatic N) is 1. The molecular formula is C11H13ClN2S. The van der Waals surface area contributed by atoms with E-state index in [9.17, 15) is 0 Å².